The number of rotatable bonds is 6. The van der Waals surface area contributed by atoms with E-state index in [-0.39, 0.29) is 30.1 Å². The third kappa shape index (κ3) is 5.74. The third-order valence-electron chi connectivity index (χ3n) is 5.18. The van der Waals surface area contributed by atoms with Crippen LogP contribution in [0.2, 0.25) is 0 Å². The maximum atomic E-state index is 13.1. The van der Waals surface area contributed by atoms with Crippen molar-refractivity contribution in [3.63, 3.8) is 0 Å². The van der Waals surface area contributed by atoms with Crippen LogP contribution >= 0.6 is 11.3 Å². The molecule has 1 aliphatic rings. The maximum absolute atomic E-state index is 13.1. The molecule has 1 saturated heterocycles. The molecule has 2 heterocycles. The fourth-order valence-corrected chi connectivity index (χ4v) is 4.36. The summed E-state index contributed by atoms with van der Waals surface area (Å²) >= 11 is 1.33. The molecule has 0 bridgehead atoms. The number of likely N-dealkylation sites (tertiary alicyclic amines) is 1. The van der Waals surface area contributed by atoms with Crippen LogP contribution in [0.5, 0.6) is 0 Å². The number of aromatic nitrogens is 1. The van der Waals surface area contributed by atoms with Crippen LogP contribution in [-0.4, -0.2) is 41.3 Å². The fourth-order valence-electron chi connectivity index (χ4n) is 3.63. The van der Waals surface area contributed by atoms with Crippen molar-refractivity contribution in [3.05, 3.63) is 65.8 Å². The molecule has 1 fully saturated rings. The average molecular weight is 439 g/mol. The lowest BCUT2D eigenvalue weighted by atomic mass is 9.97. The number of benzene rings is 2. The summed E-state index contributed by atoms with van der Waals surface area (Å²) in [6.45, 7) is 1.53. The summed E-state index contributed by atoms with van der Waals surface area (Å²) in [7, 11) is 0. The average Bonchev–Trinajstić information content (AvgIpc) is 3.23. The van der Waals surface area contributed by atoms with E-state index in [0.29, 0.717) is 17.4 Å². The van der Waals surface area contributed by atoms with Gasteiger partial charge in [-0.3, -0.25) is 14.5 Å². The molecule has 0 spiro atoms. The summed E-state index contributed by atoms with van der Waals surface area (Å²) < 4.78 is 13.1. The summed E-state index contributed by atoms with van der Waals surface area (Å²) in [5, 5.41) is 8.10. The lowest BCUT2D eigenvalue weighted by molar-refractivity contribution is -0.123. The maximum Gasteiger partial charge on any atom is 0.240 e. The summed E-state index contributed by atoms with van der Waals surface area (Å²) in [5.41, 5.74) is 2.26. The number of thiazole rings is 1. The Morgan fingerprint density at radius 3 is 2.65 bits per heavy atom. The number of amides is 2. The number of hydrogen-bond acceptors (Lipinski definition) is 5. The molecule has 0 saturated carbocycles. The highest BCUT2D eigenvalue weighted by molar-refractivity contribution is 7.14. The minimum Gasteiger partial charge on any atom is -0.326 e. The molecule has 0 radical (unpaired) electrons. The number of piperidine rings is 1. The summed E-state index contributed by atoms with van der Waals surface area (Å²) in [4.78, 5) is 31.5. The van der Waals surface area contributed by atoms with Crippen LogP contribution < -0.4 is 10.6 Å². The van der Waals surface area contributed by atoms with Gasteiger partial charge in [0.1, 0.15) is 5.82 Å². The van der Waals surface area contributed by atoms with E-state index in [1.165, 1.54) is 23.5 Å². The molecule has 160 valence electrons. The molecule has 1 unspecified atom stereocenters. The second-order valence-corrected chi connectivity index (χ2v) is 8.38. The van der Waals surface area contributed by atoms with Crippen LogP contribution in [0.3, 0.4) is 0 Å². The lowest BCUT2D eigenvalue weighted by Gasteiger charge is -2.31. The van der Waals surface area contributed by atoms with Crippen molar-refractivity contribution >= 4 is 34.0 Å². The highest BCUT2D eigenvalue weighted by Gasteiger charge is 2.27. The molecule has 2 aromatic carbocycles. The number of halogens is 1. The van der Waals surface area contributed by atoms with Gasteiger partial charge in [0.25, 0.3) is 0 Å². The number of hydrogen-bond donors (Lipinski definition) is 2. The summed E-state index contributed by atoms with van der Waals surface area (Å²) in [6.07, 6.45) is 1.68. The number of carbonyl (C=O) groups is 2. The second kappa shape index (κ2) is 9.80. The lowest BCUT2D eigenvalue weighted by Crippen LogP contribution is -2.43. The van der Waals surface area contributed by atoms with Gasteiger partial charge in [0, 0.05) is 23.2 Å². The van der Waals surface area contributed by atoms with Crippen molar-refractivity contribution in [1.82, 2.24) is 9.88 Å². The summed E-state index contributed by atoms with van der Waals surface area (Å²) in [6, 6.07) is 15.5. The van der Waals surface area contributed by atoms with Crippen molar-refractivity contribution in [3.8, 4) is 11.3 Å². The van der Waals surface area contributed by atoms with Crippen molar-refractivity contribution in [2.45, 2.75) is 12.8 Å². The van der Waals surface area contributed by atoms with E-state index in [2.05, 4.69) is 15.6 Å². The molecule has 0 aliphatic carbocycles. The van der Waals surface area contributed by atoms with Gasteiger partial charge in [-0.05, 0) is 55.8 Å². The number of nitrogens with zero attached hydrogens (tertiary/aromatic N) is 2. The van der Waals surface area contributed by atoms with Gasteiger partial charge in [-0.2, -0.15) is 0 Å². The molecule has 1 aromatic heterocycles. The first-order valence-electron chi connectivity index (χ1n) is 10.2. The number of anilines is 2. The fraction of sp³-hybridized carbons (Fsp3) is 0.261. The Bertz CT molecular complexity index is 1040. The van der Waals surface area contributed by atoms with Crippen LogP contribution in [0, 0.1) is 11.7 Å². The molecule has 1 atom stereocenters. The topological polar surface area (TPSA) is 74.3 Å². The van der Waals surface area contributed by atoms with E-state index in [0.717, 1.165) is 30.6 Å². The summed E-state index contributed by atoms with van der Waals surface area (Å²) in [5.74, 6) is -0.624. The van der Waals surface area contributed by atoms with Crippen LogP contribution in [0.15, 0.2) is 60.0 Å². The van der Waals surface area contributed by atoms with Crippen LogP contribution in [-0.2, 0) is 9.59 Å². The van der Waals surface area contributed by atoms with Crippen molar-refractivity contribution in [1.29, 1.82) is 0 Å². The Labute approximate surface area is 184 Å². The van der Waals surface area contributed by atoms with Crippen LogP contribution in [0.1, 0.15) is 12.8 Å². The van der Waals surface area contributed by atoms with Crippen molar-refractivity contribution < 1.29 is 14.0 Å². The van der Waals surface area contributed by atoms with Crippen LogP contribution in [0.4, 0.5) is 15.2 Å². The molecule has 6 nitrogen and oxygen atoms in total. The highest BCUT2D eigenvalue weighted by atomic mass is 32.1. The van der Waals surface area contributed by atoms with E-state index in [1.807, 2.05) is 40.6 Å². The Morgan fingerprint density at radius 1 is 1.10 bits per heavy atom. The minimum atomic E-state index is -0.301. The van der Waals surface area contributed by atoms with Crippen LogP contribution in [0.25, 0.3) is 11.3 Å². The predicted molar refractivity (Wildman–Crippen MR) is 120 cm³/mol. The molecule has 8 heteroatoms. The Balaban J connectivity index is 1.29. The van der Waals surface area contributed by atoms with Gasteiger partial charge < -0.3 is 10.6 Å². The smallest absolute Gasteiger partial charge is 0.240 e. The van der Waals surface area contributed by atoms with E-state index in [4.69, 9.17) is 0 Å². The van der Waals surface area contributed by atoms with Gasteiger partial charge in [-0.1, -0.05) is 18.2 Å². The molecule has 3 aromatic rings. The van der Waals surface area contributed by atoms with E-state index >= 15 is 0 Å². The van der Waals surface area contributed by atoms with E-state index in [9.17, 15) is 14.0 Å². The quantitative estimate of drug-likeness (QED) is 0.604. The first-order chi connectivity index (χ1) is 15.1. The first-order valence-corrected chi connectivity index (χ1v) is 11.0. The monoisotopic (exact) mass is 438 g/mol. The molecular weight excluding hydrogens is 415 g/mol. The van der Waals surface area contributed by atoms with Gasteiger partial charge in [-0.25, -0.2) is 9.37 Å². The van der Waals surface area contributed by atoms with E-state index in [1.54, 1.807) is 12.1 Å². The molecule has 2 N–H and O–H groups in total. The molecule has 31 heavy (non-hydrogen) atoms. The van der Waals surface area contributed by atoms with Gasteiger partial charge >= 0.3 is 0 Å². The zero-order valence-corrected chi connectivity index (χ0v) is 17.7. The second-order valence-electron chi connectivity index (χ2n) is 7.52. The molecule has 4 rings (SSSR count). The van der Waals surface area contributed by atoms with Crippen molar-refractivity contribution in [2.75, 3.05) is 30.3 Å². The van der Waals surface area contributed by atoms with Gasteiger partial charge in [0.2, 0.25) is 11.8 Å². The first kappa shape index (κ1) is 21.1. The molecule has 2 amide bonds. The standard InChI is InChI=1S/C23H23FN4O2S/c24-18-10-8-16(9-11-18)20-15-31-23(26-20)27-21(29)14-28-12-4-5-17(13-28)22(30)25-19-6-2-1-3-7-19/h1-3,6-11,15,17H,4-5,12-14H2,(H,25,30)(H,26,27,29). The SMILES string of the molecule is O=C(CN1CCCC(C(=O)Nc2ccccc2)C1)Nc1nc(-c2ccc(F)cc2)cs1. The molecule has 1 aliphatic heterocycles. The Hall–Kier alpha value is -3.10. The zero-order chi connectivity index (χ0) is 21.6. The predicted octanol–water partition coefficient (Wildman–Crippen LogP) is 4.24. The van der Waals surface area contributed by atoms with Gasteiger partial charge in [0.15, 0.2) is 5.13 Å². The zero-order valence-electron chi connectivity index (χ0n) is 16.9. The van der Waals surface area contributed by atoms with Gasteiger partial charge in [0.05, 0.1) is 18.2 Å². The number of para-hydroxylation sites is 1. The normalized spacial score (nSPS) is 16.6. The Kier molecular flexibility index (Phi) is 6.69. The van der Waals surface area contributed by atoms with Crippen molar-refractivity contribution in [2.24, 2.45) is 5.92 Å². The minimum absolute atomic E-state index is 0.0137. The molecular formula is C23H23FN4O2S. The van der Waals surface area contributed by atoms with E-state index < -0.39 is 0 Å². The van der Waals surface area contributed by atoms with Gasteiger partial charge in [-0.15, -0.1) is 11.3 Å². The third-order valence-corrected chi connectivity index (χ3v) is 5.93. The Morgan fingerprint density at radius 2 is 1.87 bits per heavy atom. The largest absolute Gasteiger partial charge is 0.326 e. The number of nitrogens with one attached hydrogen (secondary N) is 2. The number of carbonyl (C=O) groups excluding carboxylic acids is 2. The highest BCUT2D eigenvalue weighted by Crippen LogP contribution is 2.25.